The summed E-state index contributed by atoms with van der Waals surface area (Å²) in [5.74, 6) is -0.898. The van der Waals surface area contributed by atoms with Crippen molar-refractivity contribution in [1.82, 2.24) is 0 Å². The normalized spacial score (nSPS) is 12.3. The first-order valence-corrected chi connectivity index (χ1v) is 7.40. The van der Waals surface area contributed by atoms with Gasteiger partial charge in [-0.15, -0.1) is 0 Å². The Morgan fingerprint density at radius 3 is 1.86 bits per heavy atom. The van der Waals surface area contributed by atoms with Gasteiger partial charge in [0.1, 0.15) is 0 Å². The van der Waals surface area contributed by atoms with Gasteiger partial charge >= 0.3 is 5.97 Å². The molecule has 0 saturated carbocycles. The Bertz CT molecular complexity index is 684. The number of allylic oxidation sites excluding steroid dienone is 1. The molecule has 2 nitrogen and oxygen atoms in total. The van der Waals surface area contributed by atoms with Crippen LogP contribution in [0.1, 0.15) is 54.7 Å². The molecule has 2 heteroatoms. The molecule has 0 unspecified atom stereocenters. The molecular formula is C20H22O2. The van der Waals surface area contributed by atoms with Crippen LogP contribution in [0.15, 0.2) is 48.5 Å². The summed E-state index contributed by atoms with van der Waals surface area (Å²) in [6.07, 6.45) is 2.07. The van der Waals surface area contributed by atoms with Gasteiger partial charge < -0.3 is 5.11 Å². The minimum atomic E-state index is -0.898. The summed E-state index contributed by atoms with van der Waals surface area (Å²) in [6.45, 7) is 8.68. The summed E-state index contributed by atoms with van der Waals surface area (Å²) in [4.78, 5) is 10.9. The van der Waals surface area contributed by atoms with Crippen LogP contribution in [0, 0.1) is 0 Å². The molecule has 0 aliphatic heterocycles. The molecule has 2 aromatic rings. The summed E-state index contributed by atoms with van der Waals surface area (Å²) < 4.78 is 0. The molecule has 2 aromatic carbocycles. The maximum Gasteiger partial charge on any atom is 0.335 e. The number of carbonyl (C=O) groups is 1. The quantitative estimate of drug-likeness (QED) is 0.786. The molecule has 0 heterocycles. The molecule has 1 N–H and O–H groups in total. The molecule has 0 aromatic heterocycles. The van der Waals surface area contributed by atoms with Gasteiger partial charge in [0, 0.05) is 0 Å². The average Bonchev–Trinajstić information content (AvgIpc) is 2.47. The van der Waals surface area contributed by atoms with Crippen LogP contribution in [0.2, 0.25) is 0 Å². The molecule has 0 aliphatic rings. The van der Waals surface area contributed by atoms with E-state index < -0.39 is 5.97 Å². The Kier molecular flexibility index (Phi) is 4.51. The van der Waals surface area contributed by atoms with Crippen LogP contribution in [0.5, 0.6) is 0 Å². The summed E-state index contributed by atoms with van der Waals surface area (Å²) >= 11 is 0. The molecular weight excluding hydrogens is 272 g/mol. The third-order valence-electron chi connectivity index (χ3n) is 3.75. The van der Waals surface area contributed by atoms with Gasteiger partial charge in [0.05, 0.1) is 5.56 Å². The SMILES string of the molecule is C/C(=C\c1ccc(C(=O)O)cc1)c1ccc(C(C)(C)C)cc1. The first-order chi connectivity index (χ1) is 10.3. The minimum absolute atomic E-state index is 0.156. The highest BCUT2D eigenvalue weighted by Crippen LogP contribution is 2.25. The lowest BCUT2D eigenvalue weighted by Gasteiger charge is -2.19. The second-order valence-electron chi connectivity index (χ2n) is 6.58. The van der Waals surface area contributed by atoms with E-state index in [-0.39, 0.29) is 5.41 Å². The highest BCUT2D eigenvalue weighted by Gasteiger charge is 2.12. The maximum atomic E-state index is 10.9. The third-order valence-corrected chi connectivity index (χ3v) is 3.75. The van der Waals surface area contributed by atoms with Crippen molar-refractivity contribution in [2.75, 3.05) is 0 Å². The molecule has 0 saturated heterocycles. The number of rotatable bonds is 3. The number of benzene rings is 2. The van der Waals surface area contributed by atoms with Gasteiger partial charge in [-0.25, -0.2) is 4.79 Å². The molecule has 0 aliphatic carbocycles. The maximum absolute atomic E-state index is 10.9. The van der Waals surface area contributed by atoms with E-state index in [4.69, 9.17) is 5.11 Å². The van der Waals surface area contributed by atoms with Crippen molar-refractivity contribution >= 4 is 17.6 Å². The van der Waals surface area contributed by atoms with E-state index in [9.17, 15) is 4.79 Å². The van der Waals surface area contributed by atoms with Crippen LogP contribution >= 0.6 is 0 Å². The highest BCUT2D eigenvalue weighted by molar-refractivity contribution is 5.88. The fourth-order valence-corrected chi connectivity index (χ4v) is 2.29. The van der Waals surface area contributed by atoms with Gasteiger partial charge in [-0.2, -0.15) is 0 Å². The smallest absolute Gasteiger partial charge is 0.335 e. The zero-order valence-electron chi connectivity index (χ0n) is 13.6. The fraction of sp³-hybridized carbons (Fsp3) is 0.250. The lowest BCUT2D eigenvalue weighted by atomic mass is 9.86. The van der Waals surface area contributed by atoms with Crippen molar-refractivity contribution in [3.63, 3.8) is 0 Å². The first kappa shape index (κ1) is 16.0. The van der Waals surface area contributed by atoms with E-state index in [2.05, 4.69) is 58.0 Å². The Labute approximate surface area is 132 Å². The molecule has 0 amide bonds. The fourth-order valence-electron chi connectivity index (χ4n) is 2.29. The van der Waals surface area contributed by atoms with E-state index in [0.717, 1.165) is 11.1 Å². The molecule has 0 bridgehead atoms. The lowest BCUT2D eigenvalue weighted by molar-refractivity contribution is 0.0697. The molecule has 0 spiro atoms. The summed E-state index contributed by atoms with van der Waals surface area (Å²) in [7, 11) is 0. The van der Waals surface area contributed by atoms with Crippen molar-refractivity contribution in [3.8, 4) is 0 Å². The monoisotopic (exact) mass is 294 g/mol. The van der Waals surface area contributed by atoms with Crippen molar-refractivity contribution in [3.05, 3.63) is 70.8 Å². The number of hydrogen-bond acceptors (Lipinski definition) is 1. The number of aromatic carboxylic acids is 1. The van der Waals surface area contributed by atoms with Gasteiger partial charge in [0.2, 0.25) is 0 Å². The molecule has 2 rings (SSSR count). The summed E-state index contributed by atoms with van der Waals surface area (Å²) in [5, 5.41) is 8.91. The zero-order chi connectivity index (χ0) is 16.3. The van der Waals surface area contributed by atoms with E-state index >= 15 is 0 Å². The molecule has 0 radical (unpaired) electrons. The Balaban J connectivity index is 2.23. The van der Waals surface area contributed by atoms with E-state index in [1.165, 1.54) is 11.1 Å². The van der Waals surface area contributed by atoms with Crippen molar-refractivity contribution in [2.24, 2.45) is 0 Å². The standard InChI is InChI=1S/C20H22O2/c1-14(13-15-5-7-17(8-6-15)19(21)22)16-9-11-18(12-10-16)20(2,3)4/h5-13H,1-4H3,(H,21,22)/b14-13+. The van der Waals surface area contributed by atoms with Gasteiger partial charge in [0.15, 0.2) is 0 Å². The van der Waals surface area contributed by atoms with Crippen LogP contribution in [-0.2, 0) is 5.41 Å². The Hall–Kier alpha value is -2.35. The van der Waals surface area contributed by atoms with E-state index in [0.29, 0.717) is 5.56 Å². The predicted octanol–water partition coefficient (Wildman–Crippen LogP) is 5.24. The topological polar surface area (TPSA) is 37.3 Å². The van der Waals surface area contributed by atoms with Crippen LogP contribution in [0.3, 0.4) is 0 Å². The van der Waals surface area contributed by atoms with E-state index in [1.807, 2.05) is 12.1 Å². The second kappa shape index (κ2) is 6.18. The predicted molar refractivity (Wildman–Crippen MR) is 92.1 cm³/mol. The minimum Gasteiger partial charge on any atom is -0.478 e. The van der Waals surface area contributed by atoms with Gasteiger partial charge in [-0.05, 0) is 46.7 Å². The molecule has 114 valence electrons. The second-order valence-corrected chi connectivity index (χ2v) is 6.58. The number of carboxylic acids is 1. The number of hydrogen-bond donors (Lipinski definition) is 1. The van der Waals surface area contributed by atoms with Crippen LogP contribution < -0.4 is 0 Å². The van der Waals surface area contributed by atoms with Crippen molar-refractivity contribution in [1.29, 1.82) is 0 Å². The van der Waals surface area contributed by atoms with Crippen molar-refractivity contribution < 1.29 is 9.90 Å². The van der Waals surface area contributed by atoms with Crippen LogP contribution in [-0.4, -0.2) is 11.1 Å². The zero-order valence-corrected chi connectivity index (χ0v) is 13.6. The van der Waals surface area contributed by atoms with Gasteiger partial charge in [0.25, 0.3) is 0 Å². The Morgan fingerprint density at radius 2 is 1.41 bits per heavy atom. The lowest BCUT2D eigenvalue weighted by Crippen LogP contribution is -2.10. The largest absolute Gasteiger partial charge is 0.478 e. The highest BCUT2D eigenvalue weighted by atomic mass is 16.4. The van der Waals surface area contributed by atoms with Crippen molar-refractivity contribution in [2.45, 2.75) is 33.1 Å². The van der Waals surface area contributed by atoms with E-state index in [1.54, 1.807) is 12.1 Å². The van der Waals surface area contributed by atoms with Gasteiger partial charge in [-0.1, -0.05) is 63.2 Å². The summed E-state index contributed by atoms with van der Waals surface area (Å²) in [5.41, 5.74) is 5.11. The molecule has 22 heavy (non-hydrogen) atoms. The summed E-state index contributed by atoms with van der Waals surface area (Å²) in [6, 6.07) is 15.5. The average molecular weight is 294 g/mol. The van der Waals surface area contributed by atoms with Gasteiger partial charge in [-0.3, -0.25) is 0 Å². The molecule has 0 fully saturated rings. The molecule has 0 atom stereocenters. The third kappa shape index (κ3) is 3.85. The number of carboxylic acid groups (broad SMARTS) is 1. The van der Waals surface area contributed by atoms with Crippen LogP contribution in [0.4, 0.5) is 0 Å². The first-order valence-electron chi connectivity index (χ1n) is 7.40. The Morgan fingerprint density at radius 1 is 0.909 bits per heavy atom. The van der Waals surface area contributed by atoms with Crippen LogP contribution in [0.25, 0.3) is 11.6 Å².